The number of H-pyrrole nitrogens is 1. The van der Waals surface area contributed by atoms with Gasteiger partial charge in [0.05, 0.1) is 49.7 Å². The van der Waals surface area contributed by atoms with Gasteiger partial charge in [-0.05, 0) is 140 Å². The molecule has 76 heavy (non-hydrogen) atoms. The summed E-state index contributed by atoms with van der Waals surface area (Å²) in [6.45, 7) is 17.0. The molecule has 3 amide bonds. The Labute approximate surface area is 452 Å². The first-order chi connectivity index (χ1) is 36.4. The molecule has 0 atom stereocenters. The summed E-state index contributed by atoms with van der Waals surface area (Å²) in [6, 6.07) is 27.5. The Morgan fingerprint density at radius 3 is 1.61 bits per heavy atom. The molecular weight excluding hydrogens is 977 g/mol. The number of carbonyl (C=O) groups is 3. The zero-order valence-electron chi connectivity index (χ0n) is 43.9. The van der Waals surface area contributed by atoms with Crippen LogP contribution in [0.4, 0.5) is 5.95 Å². The fourth-order valence-electron chi connectivity index (χ4n) is 10.1. The molecule has 5 N–H and O–H groups in total. The maximum absolute atomic E-state index is 13.7. The number of amides is 3. The first-order valence-electron chi connectivity index (χ1n) is 26.0. The van der Waals surface area contributed by atoms with Crippen LogP contribution in [0.3, 0.4) is 0 Å². The van der Waals surface area contributed by atoms with Crippen LogP contribution < -0.4 is 16.2 Å². The van der Waals surface area contributed by atoms with E-state index in [1.54, 1.807) is 6.07 Å². The number of amidine groups is 1. The van der Waals surface area contributed by atoms with Crippen LogP contribution >= 0.6 is 11.8 Å². The molecule has 18 heteroatoms. The number of aromatic amines is 1. The maximum atomic E-state index is 13.7. The molecule has 0 aliphatic carbocycles. The molecule has 17 nitrogen and oxygen atoms in total. The van der Waals surface area contributed by atoms with Gasteiger partial charge in [0.1, 0.15) is 0 Å². The van der Waals surface area contributed by atoms with Gasteiger partial charge >= 0.3 is 0 Å². The molecule has 4 aliphatic rings. The number of morpholine rings is 2. The monoisotopic (exact) mass is 1050 g/mol. The molecule has 4 fully saturated rings. The lowest BCUT2D eigenvalue weighted by atomic mass is 9.88. The summed E-state index contributed by atoms with van der Waals surface area (Å²) >= 11 is 1.48. The summed E-state index contributed by atoms with van der Waals surface area (Å²) in [5.41, 5.74) is 12.5. The average Bonchev–Trinajstić information content (AvgIpc) is 3.98. The highest BCUT2D eigenvalue weighted by molar-refractivity contribution is 8.13. The molecule has 1 aromatic heterocycles. The number of aryl methyl sites for hydroxylation is 4. The van der Waals surface area contributed by atoms with E-state index < -0.39 is 5.91 Å². The van der Waals surface area contributed by atoms with Crippen LogP contribution in [0.1, 0.15) is 134 Å². The molecule has 0 radical (unpaired) electrons. The summed E-state index contributed by atoms with van der Waals surface area (Å²) in [4.78, 5) is 51.7. The highest BCUT2D eigenvalue weighted by Gasteiger charge is 2.29. The molecule has 5 heterocycles. The largest absolute Gasteiger partial charge is 0.378 e. The van der Waals surface area contributed by atoms with E-state index in [1.807, 2.05) is 95.5 Å². The van der Waals surface area contributed by atoms with Crippen molar-refractivity contribution in [2.75, 3.05) is 89.9 Å². The number of nitrogen functional groups attached to an aromatic ring is 1. The second-order valence-electron chi connectivity index (χ2n) is 19.1. The van der Waals surface area contributed by atoms with Crippen LogP contribution in [0.25, 0.3) is 11.4 Å². The van der Waals surface area contributed by atoms with E-state index in [1.165, 1.54) is 22.9 Å². The van der Waals surface area contributed by atoms with Crippen molar-refractivity contribution in [3.63, 3.8) is 0 Å². The van der Waals surface area contributed by atoms with Crippen LogP contribution in [-0.4, -0.2) is 138 Å². The van der Waals surface area contributed by atoms with Gasteiger partial charge in [0.2, 0.25) is 5.95 Å². The number of anilines is 1. The lowest BCUT2D eigenvalue weighted by Crippen LogP contribution is -2.38. The number of ether oxygens (including phenoxy) is 2. The number of nitrogens with zero attached hydrogens (tertiary/aromatic N) is 8. The highest BCUT2D eigenvalue weighted by Crippen LogP contribution is 2.33. The minimum Gasteiger partial charge on any atom is -0.378 e. The van der Waals surface area contributed by atoms with E-state index in [4.69, 9.17) is 36.2 Å². The van der Waals surface area contributed by atoms with Gasteiger partial charge in [0, 0.05) is 74.6 Å². The summed E-state index contributed by atoms with van der Waals surface area (Å²) < 4.78 is 10.6. The van der Waals surface area contributed by atoms with Crippen molar-refractivity contribution in [3.05, 3.63) is 134 Å². The first-order valence-corrected chi connectivity index (χ1v) is 27.2. The molecule has 0 spiro atoms. The number of likely N-dealkylation sites (tertiary alicyclic amines) is 2. The van der Waals surface area contributed by atoms with Crippen LogP contribution in [0, 0.1) is 41.9 Å². The Bertz CT molecular complexity index is 2850. The Morgan fingerprint density at radius 1 is 0.697 bits per heavy atom. The van der Waals surface area contributed by atoms with Crippen LogP contribution in [-0.2, 0) is 22.3 Å². The third kappa shape index (κ3) is 14.4. The van der Waals surface area contributed by atoms with Gasteiger partial charge in [-0.15, -0.1) is 5.10 Å². The Balaban J connectivity index is 0.000000210. The SMILES string of the molecule is C.CCc1cc(C)c(-c2nc(N3CCOCC3)n[nH]2)cc1C(=O)N1CCC(c2ccc(C#N)cc2)CC1.CCc1cc(C)c(C(=O)NN)cc1C(=O)N1CCC(c2ccc(C#N)cc2)CC1.CSC(=N)N1CCOCC1. The first kappa shape index (κ1) is 58.2. The van der Waals surface area contributed by atoms with Crippen molar-refractivity contribution in [3.8, 4) is 23.5 Å². The Hall–Kier alpha value is -7.09. The van der Waals surface area contributed by atoms with E-state index in [0.29, 0.717) is 83.8 Å². The third-order valence-electron chi connectivity index (χ3n) is 14.6. The fourth-order valence-corrected chi connectivity index (χ4v) is 10.5. The third-order valence-corrected chi connectivity index (χ3v) is 15.2. The van der Waals surface area contributed by atoms with Gasteiger partial charge in [-0.2, -0.15) is 15.5 Å². The van der Waals surface area contributed by atoms with Crippen molar-refractivity contribution < 1.29 is 23.9 Å². The smallest absolute Gasteiger partial charge is 0.265 e. The van der Waals surface area contributed by atoms with Crippen LogP contribution in [0.5, 0.6) is 0 Å². The highest BCUT2D eigenvalue weighted by atomic mass is 32.2. The molecular formula is C58H74N12O5S. The van der Waals surface area contributed by atoms with E-state index in [-0.39, 0.29) is 19.2 Å². The average molecular weight is 1050 g/mol. The number of piperidine rings is 2. The second-order valence-corrected chi connectivity index (χ2v) is 19.9. The lowest BCUT2D eigenvalue weighted by Gasteiger charge is -2.33. The molecule has 5 aromatic rings. The molecule has 9 rings (SSSR count). The standard InChI is InChI=1S/C28H32N6O2.C23H26N4O2.C6H12N2OS.CH4/c1-3-21-16-19(2)24(26-30-28(32-31-26)34-12-14-36-15-13-34)17-25(21)27(35)33-10-8-23(9-11-33)22-6-4-20(18-29)5-7-22;1-3-17-12-15(2)20(22(28)26-25)13-21(17)23(29)27-10-8-19(9-11-27)18-6-4-16(14-24)5-7-18;1-10-6(7)8-2-4-9-5-3-8;/h4-7,16-17,23H,3,8-15H2,1-2H3,(H,30,31,32);4-7,12-13,19H,3,8-11,25H2,1-2H3,(H,26,28);7H,2-5H2,1H3;1H4. The molecule has 402 valence electrons. The van der Waals surface area contributed by atoms with E-state index in [9.17, 15) is 14.4 Å². The number of nitriles is 2. The van der Waals surface area contributed by atoms with Crippen molar-refractivity contribution in [2.45, 2.75) is 85.5 Å². The van der Waals surface area contributed by atoms with E-state index in [0.717, 1.165) is 118 Å². The number of rotatable bonds is 9. The van der Waals surface area contributed by atoms with Crippen LogP contribution in [0.2, 0.25) is 0 Å². The Kier molecular flexibility index (Phi) is 21.6. The van der Waals surface area contributed by atoms with E-state index >= 15 is 0 Å². The number of benzene rings is 4. The number of thioether (sulfide) groups is 1. The fraction of sp³-hybridized carbons (Fsp3) is 0.448. The summed E-state index contributed by atoms with van der Waals surface area (Å²) in [5, 5.41) is 33.6. The summed E-state index contributed by atoms with van der Waals surface area (Å²) in [7, 11) is 0. The van der Waals surface area contributed by atoms with Crippen molar-refractivity contribution >= 4 is 40.6 Å². The van der Waals surface area contributed by atoms with Crippen molar-refractivity contribution in [1.82, 2.24) is 35.3 Å². The van der Waals surface area contributed by atoms with Gasteiger partial charge < -0.3 is 29.1 Å². The van der Waals surface area contributed by atoms with Crippen molar-refractivity contribution in [2.24, 2.45) is 5.84 Å². The van der Waals surface area contributed by atoms with Gasteiger partial charge in [0.25, 0.3) is 17.7 Å². The van der Waals surface area contributed by atoms with Crippen molar-refractivity contribution in [1.29, 1.82) is 15.9 Å². The summed E-state index contributed by atoms with van der Waals surface area (Å²) in [5.74, 6) is 7.10. The molecule has 4 aliphatic heterocycles. The van der Waals surface area contributed by atoms with Gasteiger partial charge in [0.15, 0.2) is 11.0 Å². The Morgan fingerprint density at radius 2 is 1.16 bits per heavy atom. The minimum absolute atomic E-state index is 0. The number of hydrazine groups is 1. The topological polar surface area (TPSA) is 234 Å². The number of hydrogen-bond donors (Lipinski definition) is 4. The number of aromatic nitrogens is 3. The van der Waals surface area contributed by atoms with Gasteiger partial charge in [-0.1, -0.05) is 69.4 Å². The maximum Gasteiger partial charge on any atom is 0.265 e. The summed E-state index contributed by atoms with van der Waals surface area (Å²) in [6.07, 6.45) is 7.03. The molecule has 4 saturated heterocycles. The van der Waals surface area contributed by atoms with Gasteiger partial charge in [-0.25, -0.2) is 5.84 Å². The predicted octanol–water partition coefficient (Wildman–Crippen LogP) is 8.38. The van der Waals surface area contributed by atoms with E-state index in [2.05, 4.69) is 52.6 Å². The minimum atomic E-state index is -0.390. The molecule has 0 saturated carbocycles. The van der Waals surface area contributed by atoms with Crippen LogP contribution in [0.15, 0.2) is 72.8 Å². The number of hydrogen-bond acceptors (Lipinski definition) is 13. The second kappa shape index (κ2) is 28.2. The molecule has 4 aromatic carbocycles. The lowest BCUT2D eigenvalue weighted by molar-refractivity contribution is 0.0690. The normalized spacial score (nSPS) is 15.9. The molecule has 0 unspecified atom stereocenters. The number of nitrogens with two attached hydrogens (primary N) is 1. The zero-order chi connectivity index (χ0) is 53.4. The number of nitrogens with one attached hydrogen (secondary N) is 3. The van der Waals surface area contributed by atoms with Gasteiger partial charge in [-0.3, -0.25) is 30.3 Å². The number of carbonyl (C=O) groups excluding carboxylic acids is 3. The predicted molar refractivity (Wildman–Crippen MR) is 300 cm³/mol. The quantitative estimate of drug-likeness (QED) is 0.0358. The molecule has 0 bridgehead atoms. The zero-order valence-corrected chi connectivity index (χ0v) is 44.7.